The third-order valence-corrected chi connectivity index (χ3v) is 14.2. The third-order valence-electron chi connectivity index (χ3n) is 13.0. The Kier molecular flexibility index (Phi) is 7.61. The molecule has 0 atom stereocenters. The van der Waals surface area contributed by atoms with Gasteiger partial charge in [0.25, 0.3) is 0 Å². The van der Waals surface area contributed by atoms with E-state index >= 15 is 0 Å². The maximum absolute atomic E-state index is 5.62. The van der Waals surface area contributed by atoms with Crippen LogP contribution in [-0.4, -0.2) is 9.97 Å². The molecule has 2 heterocycles. The molecule has 0 saturated carbocycles. The highest BCUT2D eigenvalue weighted by atomic mass is 32.2. The molecule has 0 fully saturated rings. The second-order valence-electron chi connectivity index (χ2n) is 16.0. The summed E-state index contributed by atoms with van der Waals surface area (Å²) in [6, 6.07) is 66.9. The number of aromatic nitrogens is 2. The van der Waals surface area contributed by atoms with Crippen molar-refractivity contribution in [3.05, 3.63) is 226 Å². The average Bonchev–Trinajstić information content (AvgIpc) is 3.81. The van der Waals surface area contributed by atoms with Crippen molar-refractivity contribution >= 4 is 11.8 Å². The smallest absolute Gasteiger partial charge is 0.161 e. The van der Waals surface area contributed by atoms with E-state index in [4.69, 9.17) is 9.97 Å². The molecule has 1 aliphatic heterocycles. The first-order chi connectivity index (χ1) is 29.1. The summed E-state index contributed by atoms with van der Waals surface area (Å²) in [7, 11) is 0. The first-order valence-corrected chi connectivity index (χ1v) is 21.3. The predicted octanol–water partition coefficient (Wildman–Crippen LogP) is 14.2. The fourth-order valence-corrected chi connectivity index (χ4v) is 11.6. The lowest BCUT2D eigenvalue weighted by Gasteiger charge is -2.39. The molecular formula is C56H38N2S. The largest absolute Gasteiger partial charge is 0.228 e. The molecule has 0 bridgehead atoms. The lowest BCUT2D eigenvalue weighted by Crippen LogP contribution is -2.31. The highest BCUT2D eigenvalue weighted by Gasteiger charge is 2.50. The normalized spacial score (nSPS) is 13.6. The van der Waals surface area contributed by atoms with Crippen molar-refractivity contribution in [2.75, 3.05) is 0 Å². The zero-order chi connectivity index (χ0) is 39.2. The van der Waals surface area contributed by atoms with Gasteiger partial charge in [-0.1, -0.05) is 176 Å². The van der Waals surface area contributed by atoms with Gasteiger partial charge in [0.15, 0.2) is 5.82 Å². The van der Waals surface area contributed by atoms with E-state index in [9.17, 15) is 0 Å². The molecule has 3 aliphatic rings. The number of aryl methyl sites for hydroxylation is 1. The van der Waals surface area contributed by atoms with Crippen LogP contribution < -0.4 is 0 Å². The Morgan fingerprint density at radius 3 is 1.71 bits per heavy atom. The second kappa shape index (κ2) is 13.1. The predicted molar refractivity (Wildman–Crippen MR) is 243 cm³/mol. The highest BCUT2D eigenvalue weighted by Crippen LogP contribution is 2.63. The molecule has 12 rings (SSSR count). The summed E-state index contributed by atoms with van der Waals surface area (Å²) in [5, 5.41) is 0. The summed E-state index contributed by atoms with van der Waals surface area (Å²) < 4.78 is 0. The molecule has 2 nitrogen and oxygen atoms in total. The van der Waals surface area contributed by atoms with Crippen LogP contribution in [0.3, 0.4) is 0 Å². The SMILES string of the molecule is Cc1ccccc1-c1cccc(-c2cc(-c3cccc4c3Cc3ccccc3-4)nc(-c3cccc4c3-c3ccccc3C43c4ccccc4Sc4ccccc43)n2)c1C. The van der Waals surface area contributed by atoms with Gasteiger partial charge >= 0.3 is 0 Å². The topological polar surface area (TPSA) is 25.8 Å². The van der Waals surface area contributed by atoms with Gasteiger partial charge < -0.3 is 0 Å². The number of benzene rings is 8. The van der Waals surface area contributed by atoms with Crippen LogP contribution in [0.15, 0.2) is 192 Å². The Labute approximate surface area is 349 Å². The van der Waals surface area contributed by atoms with E-state index in [0.29, 0.717) is 0 Å². The molecule has 0 saturated heterocycles. The van der Waals surface area contributed by atoms with Crippen molar-refractivity contribution in [3.8, 4) is 67.3 Å². The third kappa shape index (κ3) is 4.95. The Balaban J connectivity index is 1.14. The van der Waals surface area contributed by atoms with Gasteiger partial charge in [-0.25, -0.2) is 9.97 Å². The van der Waals surface area contributed by atoms with Crippen molar-refractivity contribution in [1.82, 2.24) is 9.97 Å². The lowest BCUT2D eigenvalue weighted by atomic mass is 9.67. The maximum Gasteiger partial charge on any atom is 0.161 e. The molecule has 1 aromatic heterocycles. The Morgan fingerprint density at radius 1 is 0.424 bits per heavy atom. The minimum Gasteiger partial charge on any atom is -0.228 e. The molecule has 59 heavy (non-hydrogen) atoms. The van der Waals surface area contributed by atoms with Crippen LogP contribution >= 0.6 is 11.8 Å². The van der Waals surface area contributed by atoms with E-state index in [2.05, 4.69) is 196 Å². The maximum atomic E-state index is 5.62. The van der Waals surface area contributed by atoms with E-state index in [1.165, 1.54) is 87.7 Å². The molecule has 1 spiro atoms. The van der Waals surface area contributed by atoms with E-state index < -0.39 is 5.41 Å². The fraction of sp³-hybridized carbons (Fsp3) is 0.0714. The molecule has 2 aliphatic carbocycles. The van der Waals surface area contributed by atoms with Gasteiger partial charge in [0.1, 0.15) is 0 Å². The lowest BCUT2D eigenvalue weighted by molar-refractivity contribution is 0.722. The molecule has 0 amide bonds. The van der Waals surface area contributed by atoms with Crippen molar-refractivity contribution in [1.29, 1.82) is 0 Å². The molecule has 3 heteroatoms. The Morgan fingerprint density at radius 2 is 0.949 bits per heavy atom. The van der Waals surface area contributed by atoms with Gasteiger partial charge in [0.05, 0.1) is 16.8 Å². The van der Waals surface area contributed by atoms with Gasteiger partial charge in [0.2, 0.25) is 0 Å². The summed E-state index contributed by atoms with van der Waals surface area (Å²) >= 11 is 1.87. The van der Waals surface area contributed by atoms with E-state index in [1.54, 1.807) is 0 Å². The van der Waals surface area contributed by atoms with Crippen LogP contribution in [0.25, 0.3) is 67.3 Å². The van der Waals surface area contributed by atoms with E-state index in [0.717, 1.165) is 40.3 Å². The average molecular weight is 771 g/mol. The number of hydrogen-bond donors (Lipinski definition) is 0. The Bertz CT molecular complexity index is 3170. The molecule has 9 aromatic rings. The highest BCUT2D eigenvalue weighted by molar-refractivity contribution is 7.99. The van der Waals surface area contributed by atoms with E-state index in [-0.39, 0.29) is 0 Å². The van der Waals surface area contributed by atoms with Crippen LogP contribution in [0.5, 0.6) is 0 Å². The molecule has 0 radical (unpaired) electrons. The zero-order valence-corrected chi connectivity index (χ0v) is 33.6. The quantitative estimate of drug-likeness (QED) is 0.178. The van der Waals surface area contributed by atoms with Gasteiger partial charge in [0, 0.05) is 26.5 Å². The van der Waals surface area contributed by atoms with Crippen molar-refractivity contribution in [3.63, 3.8) is 0 Å². The van der Waals surface area contributed by atoms with Gasteiger partial charge in [-0.2, -0.15) is 0 Å². The van der Waals surface area contributed by atoms with Crippen LogP contribution in [0.2, 0.25) is 0 Å². The summed E-state index contributed by atoms with van der Waals surface area (Å²) in [5.74, 6) is 0.738. The zero-order valence-electron chi connectivity index (χ0n) is 32.8. The molecule has 278 valence electrons. The van der Waals surface area contributed by atoms with Crippen molar-refractivity contribution < 1.29 is 0 Å². The number of hydrogen-bond acceptors (Lipinski definition) is 3. The summed E-state index contributed by atoms with van der Waals surface area (Å²) in [6.07, 6.45) is 0.881. The second-order valence-corrected chi connectivity index (χ2v) is 17.1. The summed E-state index contributed by atoms with van der Waals surface area (Å²) in [4.78, 5) is 13.8. The number of nitrogens with zero attached hydrogens (tertiary/aromatic N) is 2. The van der Waals surface area contributed by atoms with Crippen molar-refractivity contribution in [2.45, 2.75) is 35.5 Å². The molecule has 8 aromatic carbocycles. The fourth-order valence-electron chi connectivity index (χ4n) is 10.4. The number of rotatable bonds is 4. The van der Waals surface area contributed by atoms with Gasteiger partial charge in [-0.15, -0.1) is 0 Å². The van der Waals surface area contributed by atoms with Crippen LogP contribution in [0, 0.1) is 13.8 Å². The number of fused-ring (bicyclic) bond motifs is 12. The van der Waals surface area contributed by atoms with Crippen LogP contribution in [0.4, 0.5) is 0 Å². The van der Waals surface area contributed by atoms with Gasteiger partial charge in [-0.05, 0) is 116 Å². The summed E-state index contributed by atoms with van der Waals surface area (Å²) in [5.41, 5.74) is 22.6. The Hall–Kier alpha value is -6.81. The standard InChI is InChI=1S/C56H38N2S/c1-34-16-3-5-18-37(34)38-21-13-22-39(35(38)2)50-33-51(42-24-14-23-41-40-19-6-4-17-36(40)32-45(41)42)58-55(57-50)44-25-15-29-49-54(44)43-20-7-8-26-46(43)56(49)47-27-9-11-30-52(47)59-53-31-12-10-28-48(53)56/h3-31,33H,32H2,1-2H3. The van der Waals surface area contributed by atoms with Crippen molar-refractivity contribution in [2.24, 2.45) is 0 Å². The van der Waals surface area contributed by atoms with Gasteiger partial charge in [-0.3, -0.25) is 0 Å². The molecular weight excluding hydrogens is 733 g/mol. The van der Waals surface area contributed by atoms with Crippen LogP contribution in [-0.2, 0) is 11.8 Å². The first-order valence-electron chi connectivity index (χ1n) is 20.5. The van der Waals surface area contributed by atoms with Crippen LogP contribution in [0.1, 0.15) is 44.5 Å². The minimum absolute atomic E-state index is 0.481. The first kappa shape index (κ1) is 34.3. The van der Waals surface area contributed by atoms with E-state index in [1.807, 2.05) is 11.8 Å². The molecule has 0 unspecified atom stereocenters. The minimum atomic E-state index is -0.481. The summed E-state index contributed by atoms with van der Waals surface area (Å²) in [6.45, 7) is 4.43. The monoisotopic (exact) mass is 770 g/mol. The molecule has 0 N–H and O–H groups in total.